The summed E-state index contributed by atoms with van der Waals surface area (Å²) in [7, 11) is -5.38. The Balaban J connectivity index is 5.75. The summed E-state index contributed by atoms with van der Waals surface area (Å²) in [4.78, 5) is 0. The molecule has 18 heteroatoms. The highest BCUT2D eigenvalue weighted by Gasteiger charge is 2.85. The van der Waals surface area contributed by atoms with Gasteiger partial charge in [0.25, 0.3) is 10.0 Å². The first-order valence-corrected chi connectivity index (χ1v) is 12.2. The second-order valence-corrected chi connectivity index (χ2v) is 9.57. The van der Waals surface area contributed by atoms with Crippen LogP contribution in [0.2, 0.25) is 0 Å². The number of hydroxylamine groups is 3. The van der Waals surface area contributed by atoms with Crippen LogP contribution in [0.25, 0.3) is 0 Å². The van der Waals surface area contributed by atoms with Gasteiger partial charge in [-0.15, -0.1) is 0 Å². The largest absolute Gasteiger partial charge is 0.460 e. The second-order valence-electron chi connectivity index (χ2n) is 7.59. The summed E-state index contributed by atoms with van der Waals surface area (Å²) in [5, 5.41) is 3.35. The Bertz CT molecular complexity index is 750. The monoisotopic (exact) mass is 575 g/mol. The van der Waals surface area contributed by atoms with Crippen molar-refractivity contribution in [2.24, 2.45) is 0 Å². The number of methoxy groups -OCH3 is 1. The predicted molar refractivity (Wildman–Crippen MR) is 108 cm³/mol. The molecule has 0 aliphatic rings. The topological polar surface area (TPSA) is 85.3 Å². The van der Waals surface area contributed by atoms with Gasteiger partial charge in [0.1, 0.15) is 19.6 Å². The van der Waals surface area contributed by atoms with Gasteiger partial charge in [-0.1, -0.05) is 0 Å². The maximum Gasteiger partial charge on any atom is 0.460 e. The molecule has 0 unspecified atom stereocenters. The molecule has 0 saturated heterocycles. The van der Waals surface area contributed by atoms with Gasteiger partial charge in [0.2, 0.25) is 0 Å². The molecular weight excluding hydrogens is 543 g/mol. The van der Waals surface area contributed by atoms with Gasteiger partial charge in [-0.3, -0.25) is 0 Å². The van der Waals surface area contributed by atoms with E-state index in [1.807, 2.05) is 0 Å². The van der Waals surface area contributed by atoms with Crippen LogP contribution < -0.4 is 0 Å². The van der Waals surface area contributed by atoms with Gasteiger partial charge < -0.3 is 14.2 Å². The lowest BCUT2D eigenvalue weighted by Gasteiger charge is -2.36. The van der Waals surface area contributed by atoms with Crippen molar-refractivity contribution in [3.8, 4) is 0 Å². The van der Waals surface area contributed by atoms with Crippen molar-refractivity contribution in [2.75, 3.05) is 72.9 Å². The van der Waals surface area contributed by atoms with Crippen molar-refractivity contribution >= 4 is 10.0 Å². The molecule has 0 aromatic carbocycles. The van der Waals surface area contributed by atoms with Crippen LogP contribution in [0.4, 0.5) is 39.5 Å². The first kappa shape index (κ1) is 35.1. The number of nitrogens with zero attached hydrogens (tertiary/aromatic N) is 2. The van der Waals surface area contributed by atoms with Crippen molar-refractivity contribution < 1.29 is 72.0 Å². The SMILES string of the molecule is CC[N+](O)(CC)CCCN(CCOCCOCCOC)S(=O)(=O)C(F)(F)C(F)(F)C(F)(F)C(F)(F)F. The molecule has 0 aliphatic heterocycles. The molecule has 0 spiro atoms. The zero-order valence-electron chi connectivity index (χ0n) is 20.0. The lowest BCUT2D eigenvalue weighted by atomic mass is 10.1. The summed E-state index contributed by atoms with van der Waals surface area (Å²) in [6, 6.07) is 0. The van der Waals surface area contributed by atoms with Crippen LogP contribution in [-0.2, 0) is 24.2 Å². The number of quaternary nitrogens is 1. The number of alkyl halides is 9. The van der Waals surface area contributed by atoms with E-state index in [1.54, 1.807) is 0 Å². The first-order chi connectivity index (χ1) is 16.3. The van der Waals surface area contributed by atoms with Crippen LogP contribution in [0.1, 0.15) is 20.3 Å². The van der Waals surface area contributed by atoms with Gasteiger partial charge in [-0.05, 0) is 13.8 Å². The first-order valence-electron chi connectivity index (χ1n) is 10.7. The molecule has 0 radical (unpaired) electrons. The van der Waals surface area contributed by atoms with Crippen molar-refractivity contribution in [1.29, 1.82) is 0 Å². The van der Waals surface area contributed by atoms with Gasteiger partial charge in [0.05, 0.1) is 33.0 Å². The van der Waals surface area contributed by atoms with E-state index in [-0.39, 0.29) is 50.4 Å². The Morgan fingerprint density at radius 2 is 1.25 bits per heavy atom. The lowest BCUT2D eigenvalue weighted by Crippen LogP contribution is -2.65. The number of rotatable bonds is 19. The molecule has 0 bridgehead atoms. The fourth-order valence-electron chi connectivity index (χ4n) is 2.75. The molecule has 0 saturated carbocycles. The minimum atomic E-state index is -7.36. The van der Waals surface area contributed by atoms with E-state index in [4.69, 9.17) is 14.2 Å². The van der Waals surface area contributed by atoms with Crippen LogP contribution in [0.15, 0.2) is 0 Å². The zero-order valence-corrected chi connectivity index (χ0v) is 20.8. The smallest absolute Gasteiger partial charge is 0.382 e. The molecule has 0 aliphatic carbocycles. The molecular formula is C18H32F9N2O6S+. The summed E-state index contributed by atoms with van der Waals surface area (Å²) in [5.74, 6) is -14.7. The maximum atomic E-state index is 14.3. The van der Waals surface area contributed by atoms with Crippen LogP contribution >= 0.6 is 0 Å². The number of hydrogen-bond donors (Lipinski definition) is 1. The molecule has 36 heavy (non-hydrogen) atoms. The van der Waals surface area contributed by atoms with E-state index in [9.17, 15) is 53.1 Å². The highest BCUT2D eigenvalue weighted by atomic mass is 32.2. The Morgan fingerprint density at radius 1 is 0.778 bits per heavy atom. The minimum absolute atomic E-state index is 0.0559. The van der Waals surface area contributed by atoms with E-state index in [0.717, 1.165) is 0 Å². The number of ether oxygens (including phenoxy) is 3. The molecule has 8 nitrogen and oxygen atoms in total. The second kappa shape index (κ2) is 13.7. The normalized spacial score (nSPS) is 14.6. The average Bonchev–Trinajstić information content (AvgIpc) is 2.78. The molecule has 0 atom stereocenters. The van der Waals surface area contributed by atoms with Gasteiger partial charge in [0, 0.05) is 26.6 Å². The fraction of sp³-hybridized carbons (Fsp3) is 1.00. The van der Waals surface area contributed by atoms with Gasteiger partial charge in [0.15, 0.2) is 0 Å². The third-order valence-electron chi connectivity index (χ3n) is 5.23. The van der Waals surface area contributed by atoms with Gasteiger partial charge >= 0.3 is 23.3 Å². The van der Waals surface area contributed by atoms with Crippen molar-refractivity contribution in [3.05, 3.63) is 0 Å². The summed E-state index contributed by atoms with van der Waals surface area (Å²) in [5.41, 5.74) is 0. The highest BCUT2D eigenvalue weighted by molar-refractivity contribution is 7.90. The van der Waals surface area contributed by atoms with Gasteiger partial charge in [-0.2, -0.15) is 48.5 Å². The average molecular weight is 576 g/mol. The zero-order chi connectivity index (χ0) is 28.5. The van der Waals surface area contributed by atoms with E-state index in [0.29, 0.717) is 0 Å². The highest BCUT2D eigenvalue weighted by Crippen LogP contribution is 2.55. The molecule has 1 N–H and O–H groups in total. The van der Waals surface area contributed by atoms with E-state index >= 15 is 0 Å². The molecule has 0 heterocycles. The third kappa shape index (κ3) is 8.29. The van der Waals surface area contributed by atoms with E-state index < -0.39 is 64.1 Å². The third-order valence-corrected chi connectivity index (χ3v) is 7.18. The number of sulfonamides is 1. The Kier molecular flexibility index (Phi) is 13.4. The molecule has 0 rings (SSSR count). The van der Waals surface area contributed by atoms with E-state index in [1.165, 1.54) is 21.0 Å². The summed E-state index contributed by atoms with van der Waals surface area (Å²) in [6.45, 7) is 0.361. The van der Waals surface area contributed by atoms with Gasteiger partial charge in [-0.25, -0.2) is 13.6 Å². The van der Waals surface area contributed by atoms with Crippen LogP contribution in [0, 0.1) is 0 Å². The van der Waals surface area contributed by atoms with Crippen LogP contribution in [-0.4, -0.2) is 119 Å². The van der Waals surface area contributed by atoms with Crippen molar-refractivity contribution in [3.63, 3.8) is 0 Å². The van der Waals surface area contributed by atoms with Crippen molar-refractivity contribution in [2.45, 2.75) is 43.5 Å². The Morgan fingerprint density at radius 3 is 1.69 bits per heavy atom. The quantitative estimate of drug-likeness (QED) is 0.110. The van der Waals surface area contributed by atoms with Crippen LogP contribution in [0.5, 0.6) is 0 Å². The molecule has 0 aromatic heterocycles. The standard InChI is InChI=1S/C18H32F9N2O6S/c1-4-29(30,5-2)9-6-7-28(8-10-34-13-14-35-12-11-33-3)36(31,32)18(26,27)16(21,22)15(19,20)17(23,24)25/h30H,4-14H2,1-3H3/q+1. The summed E-state index contributed by atoms with van der Waals surface area (Å²) < 4.78 is 158. The lowest BCUT2D eigenvalue weighted by molar-refractivity contribution is -1.10. The fourth-order valence-corrected chi connectivity index (χ4v) is 4.21. The maximum absolute atomic E-state index is 14.3. The molecule has 0 aromatic rings. The molecule has 218 valence electrons. The van der Waals surface area contributed by atoms with Crippen molar-refractivity contribution in [1.82, 2.24) is 4.31 Å². The van der Waals surface area contributed by atoms with E-state index in [2.05, 4.69) is 0 Å². The summed E-state index contributed by atoms with van der Waals surface area (Å²) >= 11 is 0. The molecule has 0 amide bonds. The number of halogens is 9. The Labute approximate surface area is 203 Å². The predicted octanol–water partition coefficient (Wildman–Crippen LogP) is 3.36. The molecule has 0 fully saturated rings. The minimum Gasteiger partial charge on any atom is -0.382 e. The Hall–Kier alpha value is -0.920. The summed E-state index contributed by atoms with van der Waals surface area (Å²) in [6.07, 6.45) is -7.59. The van der Waals surface area contributed by atoms with Crippen LogP contribution in [0.3, 0.4) is 0 Å². The number of hydrogen-bond acceptors (Lipinski definition) is 6.